The Kier molecular flexibility index (Phi) is 6.06. The summed E-state index contributed by atoms with van der Waals surface area (Å²) < 4.78 is 0. The lowest BCUT2D eigenvalue weighted by atomic mass is 9.72. The SMILES string of the molecule is Br[C@@H]1CC[C@@H](Br)c2c1c1c(c3c2[C@H](Br)CC[C@H]3Br)[C@H](Br)CC[C@H]1Br. The van der Waals surface area contributed by atoms with Crippen LogP contribution in [0.1, 0.15) is 101 Å². The average molecular weight is 714 g/mol. The molecular formula is C18H18Br6. The molecule has 0 saturated carbocycles. The molecule has 0 heterocycles. The van der Waals surface area contributed by atoms with Crippen LogP contribution < -0.4 is 0 Å². The van der Waals surface area contributed by atoms with Gasteiger partial charge in [0, 0.05) is 29.0 Å². The number of halogens is 6. The third-order valence-electron chi connectivity index (χ3n) is 5.64. The molecule has 0 unspecified atom stereocenters. The minimum absolute atomic E-state index is 0.466. The Morgan fingerprint density at radius 2 is 0.458 bits per heavy atom. The van der Waals surface area contributed by atoms with Gasteiger partial charge in [0.05, 0.1) is 0 Å². The largest absolute Gasteiger partial charge is 0.0839 e. The molecule has 0 saturated heterocycles. The van der Waals surface area contributed by atoms with Crippen molar-refractivity contribution in [1.29, 1.82) is 0 Å². The Labute approximate surface area is 194 Å². The van der Waals surface area contributed by atoms with E-state index >= 15 is 0 Å². The predicted octanol–water partition coefficient (Wildman–Crippen LogP) is 9.68. The van der Waals surface area contributed by atoms with Crippen LogP contribution in [-0.2, 0) is 0 Å². The lowest BCUT2D eigenvalue weighted by Crippen LogP contribution is -2.25. The molecule has 0 aliphatic heterocycles. The van der Waals surface area contributed by atoms with Crippen LogP contribution in [0.25, 0.3) is 0 Å². The van der Waals surface area contributed by atoms with Crippen molar-refractivity contribution in [2.24, 2.45) is 0 Å². The maximum atomic E-state index is 4.02. The highest BCUT2D eigenvalue weighted by molar-refractivity contribution is 9.10. The van der Waals surface area contributed by atoms with Crippen LogP contribution in [0.5, 0.6) is 0 Å². The second-order valence-corrected chi connectivity index (χ2v) is 13.7. The van der Waals surface area contributed by atoms with Gasteiger partial charge in [0.15, 0.2) is 0 Å². The Morgan fingerprint density at radius 1 is 0.333 bits per heavy atom. The molecule has 0 fully saturated rings. The molecule has 132 valence electrons. The molecule has 1 aromatic carbocycles. The smallest absolute Gasteiger partial charge is 0.0402 e. The summed E-state index contributed by atoms with van der Waals surface area (Å²) in [6.07, 6.45) is 7.20. The first-order chi connectivity index (χ1) is 11.4. The van der Waals surface area contributed by atoms with Crippen LogP contribution in [0.2, 0.25) is 0 Å². The van der Waals surface area contributed by atoms with E-state index in [4.69, 9.17) is 0 Å². The van der Waals surface area contributed by atoms with Crippen molar-refractivity contribution in [2.75, 3.05) is 0 Å². The molecule has 6 atom stereocenters. The molecule has 0 amide bonds. The molecule has 0 aromatic heterocycles. The van der Waals surface area contributed by atoms with Crippen molar-refractivity contribution in [3.8, 4) is 0 Å². The van der Waals surface area contributed by atoms with E-state index in [1.54, 1.807) is 33.4 Å². The second-order valence-electron chi connectivity index (χ2n) is 7.02. The van der Waals surface area contributed by atoms with Gasteiger partial charge in [-0.05, 0) is 71.9 Å². The van der Waals surface area contributed by atoms with E-state index in [1.165, 1.54) is 38.5 Å². The van der Waals surface area contributed by atoms with Crippen molar-refractivity contribution in [3.63, 3.8) is 0 Å². The van der Waals surface area contributed by atoms with E-state index in [9.17, 15) is 0 Å². The molecule has 3 aliphatic rings. The van der Waals surface area contributed by atoms with E-state index in [0.717, 1.165) is 0 Å². The molecule has 24 heavy (non-hydrogen) atoms. The summed E-state index contributed by atoms with van der Waals surface area (Å²) in [5.74, 6) is 0. The highest BCUT2D eigenvalue weighted by Crippen LogP contribution is 2.61. The van der Waals surface area contributed by atoms with E-state index < -0.39 is 0 Å². The molecule has 0 spiro atoms. The second kappa shape index (κ2) is 7.50. The van der Waals surface area contributed by atoms with Gasteiger partial charge < -0.3 is 0 Å². The number of benzene rings is 1. The summed E-state index contributed by atoms with van der Waals surface area (Å²) in [6, 6.07) is 0. The number of hydrogen-bond acceptors (Lipinski definition) is 0. The van der Waals surface area contributed by atoms with Crippen LogP contribution in [0.15, 0.2) is 0 Å². The third-order valence-corrected chi connectivity index (χ3v) is 11.1. The molecule has 1 aromatic rings. The number of rotatable bonds is 0. The Morgan fingerprint density at radius 3 is 0.583 bits per heavy atom. The summed E-state index contributed by atoms with van der Waals surface area (Å²) in [7, 11) is 0. The lowest BCUT2D eigenvalue weighted by molar-refractivity contribution is 0.591. The topological polar surface area (TPSA) is 0 Å². The molecule has 0 N–H and O–H groups in total. The minimum atomic E-state index is 0.466. The van der Waals surface area contributed by atoms with Crippen molar-refractivity contribution < 1.29 is 0 Å². The molecule has 3 aliphatic carbocycles. The van der Waals surface area contributed by atoms with Crippen molar-refractivity contribution in [3.05, 3.63) is 33.4 Å². The summed E-state index contributed by atoms with van der Waals surface area (Å²) in [4.78, 5) is 2.80. The third kappa shape index (κ3) is 3.03. The van der Waals surface area contributed by atoms with Gasteiger partial charge in [-0.15, -0.1) is 0 Å². The first kappa shape index (κ1) is 19.4. The summed E-state index contributed by atoms with van der Waals surface area (Å²) >= 11 is 24.1. The van der Waals surface area contributed by atoms with E-state index in [-0.39, 0.29) is 0 Å². The standard InChI is InChI=1S/C18H18Br6/c19-7-1-2-8(20)14-13(7)15-9(21)3-4-11(23)17(15)18-12(24)6-5-10(22)16(14)18/h7-12H,1-6H2/t7-,8-,9-,10-,11-,12-/m1/s1. The molecular weight excluding hydrogens is 696 g/mol. The Bertz CT molecular complexity index is 505. The summed E-state index contributed by atoms with van der Waals surface area (Å²) in [5.41, 5.74) is 9.38. The summed E-state index contributed by atoms with van der Waals surface area (Å²) in [6.45, 7) is 0. The van der Waals surface area contributed by atoms with Gasteiger partial charge in [0.1, 0.15) is 0 Å². The highest BCUT2D eigenvalue weighted by Gasteiger charge is 2.42. The van der Waals surface area contributed by atoms with Crippen molar-refractivity contribution in [2.45, 2.75) is 67.5 Å². The van der Waals surface area contributed by atoms with Gasteiger partial charge in [-0.3, -0.25) is 0 Å². The van der Waals surface area contributed by atoms with Crippen LogP contribution in [-0.4, -0.2) is 0 Å². The molecule has 0 bridgehead atoms. The first-order valence-electron chi connectivity index (χ1n) is 8.49. The van der Waals surface area contributed by atoms with E-state index in [1.807, 2.05) is 0 Å². The zero-order valence-electron chi connectivity index (χ0n) is 13.0. The molecule has 0 radical (unpaired) electrons. The van der Waals surface area contributed by atoms with Gasteiger partial charge in [-0.2, -0.15) is 0 Å². The number of alkyl halides is 6. The highest BCUT2D eigenvalue weighted by atomic mass is 79.9. The van der Waals surface area contributed by atoms with Gasteiger partial charge >= 0.3 is 0 Å². The van der Waals surface area contributed by atoms with Gasteiger partial charge in [0.2, 0.25) is 0 Å². The zero-order valence-corrected chi connectivity index (χ0v) is 22.5. The zero-order chi connectivity index (χ0) is 17.2. The number of hydrogen-bond donors (Lipinski definition) is 0. The maximum Gasteiger partial charge on any atom is 0.0402 e. The molecule has 6 heteroatoms. The van der Waals surface area contributed by atoms with Gasteiger partial charge in [0.25, 0.3) is 0 Å². The van der Waals surface area contributed by atoms with E-state index in [2.05, 4.69) is 95.6 Å². The Balaban J connectivity index is 2.13. The maximum absolute atomic E-state index is 4.02. The average Bonchev–Trinajstić information content (AvgIpc) is 2.56. The first-order valence-corrected chi connectivity index (χ1v) is 14.0. The molecule has 4 rings (SSSR count). The fourth-order valence-electron chi connectivity index (χ4n) is 4.64. The normalized spacial score (nSPS) is 38.2. The van der Waals surface area contributed by atoms with Crippen molar-refractivity contribution >= 4 is 95.6 Å². The van der Waals surface area contributed by atoms with Gasteiger partial charge in [-0.1, -0.05) is 95.6 Å². The van der Waals surface area contributed by atoms with Crippen molar-refractivity contribution in [1.82, 2.24) is 0 Å². The number of fused-ring (bicyclic) bond motifs is 6. The van der Waals surface area contributed by atoms with Crippen LogP contribution in [0, 0.1) is 0 Å². The summed E-state index contributed by atoms with van der Waals surface area (Å²) in [5, 5.41) is 0. The van der Waals surface area contributed by atoms with Gasteiger partial charge in [-0.25, -0.2) is 0 Å². The Hall–Kier alpha value is 2.10. The van der Waals surface area contributed by atoms with Crippen LogP contribution >= 0.6 is 95.6 Å². The van der Waals surface area contributed by atoms with Crippen LogP contribution in [0.4, 0.5) is 0 Å². The van der Waals surface area contributed by atoms with E-state index in [0.29, 0.717) is 29.0 Å². The fraction of sp³-hybridized carbons (Fsp3) is 0.667. The fourth-order valence-corrected chi connectivity index (χ4v) is 9.18. The predicted molar refractivity (Wildman–Crippen MR) is 124 cm³/mol. The van der Waals surface area contributed by atoms with Crippen LogP contribution in [0.3, 0.4) is 0 Å². The quantitative estimate of drug-likeness (QED) is 0.235. The molecule has 0 nitrogen and oxygen atoms in total. The minimum Gasteiger partial charge on any atom is -0.0839 e. The lowest BCUT2D eigenvalue weighted by Gasteiger charge is -2.42. The monoisotopic (exact) mass is 708 g/mol.